The minimum atomic E-state index is -0.406. The summed E-state index contributed by atoms with van der Waals surface area (Å²) in [7, 11) is 0. The van der Waals surface area contributed by atoms with E-state index < -0.39 is 5.97 Å². The first-order valence-corrected chi connectivity index (χ1v) is 5.97. The minimum absolute atomic E-state index is 0.295. The quantitative estimate of drug-likeness (QED) is 0.802. The van der Waals surface area contributed by atoms with Crippen molar-refractivity contribution in [2.24, 2.45) is 0 Å². The molecule has 0 amide bonds. The molecule has 1 aromatic heterocycles. The van der Waals surface area contributed by atoms with Crippen molar-refractivity contribution in [3.05, 3.63) is 10.7 Å². The SMILES string of the molecule is CCOC(=O)c1nc(C2CCC2)sc1N. The van der Waals surface area contributed by atoms with E-state index in [2.05, 4.69) is 4.98 Å². The number of rotatable bonds is 3. The van der Waals surface area contributed by atoms with Crippen LogP contribution in [0.1, 0.15) is 47.6 Å². The largest absolute Gasteiger partial charge is 0.461 e. The summed E-state index contributed by atoms with van der Waals surface area (Å²) in [4.78, 5) is 15.7. The minimum Gasteiger partial charge on any atom is -0.461 e. The standard InChI is InChI=1S/C10H14N2O2S/c1-2-14-10(13)7-8(11)15-9(12-7)6-4-3-5-6/h6H,2-5,11H2,1H3. The highest BCUT2D eigenvalue weighted by Gasteiger charge is 2.26. The molecule has 1 heterocycles. The van der Waals surface area contributed by atoms with Crippen molar-refractivity contribution < 1.29 is 9.53 Å². The Morgan fingerprint density at radius 1 is 1.67 bits per heavy atom. The van der Waals surface area contributed by atoms with Crippen LogP contribution in [0.15, 0.2) is 0 Å². The van der Waals surface area contributed by atoms with E-state index in [1.54, 1.807) is 6.92 Å². The lowest BCUT2D eigenvalue weighted by atomic mass is 9.86. The Morgan fingerprint density at radius 2 is 2.40 bits per heavy atom. The zero-order chi connectivity index (χ0) is 10.8. The van der Waals surface area contributed by atoms with Gasteiger partial charge in [0.25, 0.3) is 0 Å². The van der Waals surface area contributed by atoms with Crippen LogP contribution in [0.3, 0.4) is 0 Å². The van der Waals surface area contributed by atoms with Gasteiger partial charge < -0.3 is 10.5 Å². The Labute approximate surface area is 92.5 Å². The number of hydrogen-bond donors (Lipinski definition) is 1. The summed E-state index contributed by atoms with van der Waals surface area (Å²) in [6, 6.07) is 0. The van der Waals surface area contributed by atoms with Crippen LogP contribution in [-0.4, -0.2) is 17.6 Å². The molecule has 82 valence electrons. The fourth-order valence-corrected chi connectivity index (χ4v) is 2.51. The van der Waals surface area contributed by atoms with Gasteiger partial charge in [-0.2, -0.15) is 0 Å². The number of esters is 1. The first-order chi connectivity index (χ1) is 7.22. The van der Waals surface area contributed by atoms with Crippen LogP contribution >= 0.6 is 11.3 Å². The predicted molar refractivity (Wildman–Crippen MR) is 59.1 cm³/mol. The lowest BCUT2D eigenvalue weighted by molar-refractivity contribution is 0.0521. The van der Waals surface area contributed by atoms with Crippen LogP contribution in [0.4, 0.5) is 5.00 Å². The van der Waals surface area contributed by atoms with Gasteiger partial charge in [-0.3, -0.25) is 0 Å². The first kappa shape index (κ1) is 10.4. The Bertz CT molecular complexity index is 371. The zero-order valence-electron chi connectivity index (χ0n) is 8.66. The van der Waals surface area contributed by atoms with Crippen LogP contribution in [0, 0.1) is 0 Å². The number of anilines is 1. The van der Waals surface area contributed by atoms with Gasteiger partial charge in [0.2, 0.25) is 0 Å². The number of nitrogens with two attached hydrogens (primary N) is 1. The van der Waals surface area contributed by atoms with Crippen LogP contribution < -0.4 is 5.73 Å². The van der Waals surface area contributed by atoms with Crippen LogP contribution in [0.2, 0.25) is 0 Å². The van der Waals surface area contributed by atoms with Gasteiger partial charge in [-0.1, -0.05) is 6.42 Å². The Kier molecular flexibility index (Phi) is 2.90. The van der Waals surface area contributed by atoms with Crippen LogP contribution in [-0.2, 0) is 4.74 Å². The maximum atomic E-state index is 11.4. The molecule has 1 aliphatic carbocycles. The fraction of sp³-hybridized carbons (Fsp3) is 0.600. The highest BCUT2D eigenvalue weighted by Crippen LogP contribution is 2.39. The molecule has 0 aromatic carbocycles. The molecular weight excluding hydrogens is 212 g/mol. The molecule has 0 bridgehead atoms. The number of aromatic nitrogens is 1. The number of nitrogen functional groups attached to an aromatic ring is 1. The fourth-order valence-electron chi connectivity index (χ4n) is 1.52. The van der Waals surface area contributed by atoms with Gasteiger partial charge in [-0.25, -0.2) is 9.78 Å². The summed E-state index contributed by atoms with van der Waals surface area (Å²) in [5.41, 5.74) is 6.04. The zero-order valence-corrected chi connectivity index (χ0v) is 9.47. The second-order valence-corrected chi connectivity index (χ2v) is 4.68. The number of ether oxygens (including phenoxy) is 1. The van der Waals surface area contributed by atoms with Gasteiger partial charge >= 0.3 is 5.97 Å². The Hall–Kier alpha value is -1.10. The molecule has 0 saturated heterocycles. The number of hydrogen-bond acceptors (Lipinski definition) is 5. The van der Waals surface area contributed by atoms with Crippen LogP contribution in [0.25, 0.3) is 0 Å². The molecule has 0 unspecified atom stereocenters. The highest BCUT2D eigenvalue weighted by atomic mass is 32.1. The maximum Gasteiger partial charge on any atom is 0.360 e. The Balaban J connectivity index is 2.17. The van der Waals surface area contributed by atoms with Crippen molar-refractivity contribution in [1.82, 2.24) is 4.98 Å². The molecule has 0 spiro atoms. The molecule has 1 aliphatic rings. The van der Waals surface area contributed by atoms with Gasteiger partial charge in [-0.15, -0.1) is 11.3 Å². The summed E-state index contributed by atoms with van der Waals surface area (Å²) >= 11 is 1.42. The normalized spacial score (nSPS) is 16.1. The van der Waals surface area contributed by atoms with E-state index >= 15 is 0 Å². The van der Waals surface area contributed by atoms with Crippen molar-refractivity contribution in [2.45, 2.75) is 32.1 Å². The summed E-state index contributed by atoms with van der Waals surface area (Å²) in [5.74, 6) is 0.109. The molecule has 2 rings (SSSR count). The average Bonchev–Trinajstić information content (AvgIpc) is 2.44. The third-order valence-corrected chi connectivity index (χ3v) is 3.64. The monoisotopic (exact) mass is 226 g/mol. The van der Waals surface area contributed by atoms with E-state index in [0.717, 1.165) is 17.8 Å². The van der Waals surface area contributed by atoms with E-state index in [4.69, 9.17) is 10.5 Å². The number of thiazole rings is 1. The van der Waals surface area contributed by atoms with Gasteiger partial charge in [0.15, 0.2) is 5.69 Å². The third kappa shape index (κ3) is 1.97. The highest BCUT2D eigenvalue weighted by molar-refractivity contribution is 7.16. The molecule has 1 saturated carbocycles. The number of carbonyl (C=O) groups excluding carboxylic acids is 1. The lowest BCUT2D eigenvalue weighted by Crippen LogP contribution is -2.10. The van der Waals surface area contributed by atoms with Crippen LogP contribution in [0.5, 0.6) is 0 Å². The first-order valence-electron chi connectivity index (χ1n) is 5.15. The molecule has 15 heavy (non-hydrogen) atoms. The van der Waals surface area contributed by atoms with Gasteiger partial charge in [-0.05, 0) is 19.8 Å². The molecule has 5 heteroatoms. The van der Waals surface area contributed by atoms with Gasteiger partial charge in [0.05, 0.1) is 11.6 Å². The molecule has 1 aromatic rings. The average molecular weight is 226 g/mol. The molecule has 2 N–H and O–H groups in total. The maximum absolute atomic E-state index is 11.4. The van der Waals surface area contributed by atoms with E-state index in [-0.39, 0.29) is 0 Å². The molecule has 0 atom stereocenters. The second-order valence-electron chi connectivity index (χ2n) is 3.61. The summed E-state index contributed by atoms with van der Waals surface area (Å²) in [5, 5.41) is 1.47. The van der Waals surface area contributed by atoms with Crippen molar-refractivity contribution in [3.63, 3.8) is 0 Å². The summed E-state index contributed by atoms with van der Waals surface area (Å²) in [6.45, 7) is 2.13. The summed E-state index contributed by atoms with van der Waals surface area (Å²) in [6.07, 6.45) is 3.57. The molecule has 0 aliphatic heterocycles. The molecule has 1 fully saturated rings. The molecule has 4 nitrogen and oxygen atoms in total. The predicted octanol–water partition coefficient (Wildman–Crippen LogP) is 2.17. The number of carbonyl (C=O) groups is 1. The topological polar surface area (TPSA) is 65.2 Å². The lowest BCUT2D eigenvalue weighted by Gasteiger charge is -2.22. The van der Waals surface area contributed by atoms with Crippen molar-refractivity contribution >= 4 is 22.3 Å². The van der Waals surface area contributed by atoms with E-state index in [1.165, 1.54) is 17.8 Å². The van der Waals surface area contributed by atoms with Crippen molar-refractivity contribution in [1.29, 1.82) is 0 Å². The molecule has 0 radical (unpaired) electrons. The van der Waals surface area contributed by atoms with E-state index in [9.17, 15) is 4.79 Å². The second kappa shape index (κ2) is 4.18. The van der Waals surface area contributed by atoms with Gasteiger partial charge in [0, 0.05) is 5.92 Å². The van der Waals surface area contributed by atoms with E-state index in [0.29, 0.717) is 23.2 Å². The van der Waals surface area contributed by atoms with Crippen molar-refractivity contribution in [3.8, 4) is 0 Å². The smallest absolute Gasteiger partial charge is 0.360 e. The van der Waals surface area contributed by atoms with Crippen molar-refractivity contribution in [2.75, 3.05) is 12.3 Å². The van der Waals surface area contributed by atoms with E-state index in [1.807, 2.05) is 0 Å². The van der Waals surface area contributed by atoms with Gasteiger partial charge in [0.1, 0.15) is 5.00 Å². The number of nitrogens with zero attached hydrogens (tertiary/aromatic N) is 1. The Morgan fingerprint density at radius 3 is 2.93 bits per heavy atom. The molecular formula is C10H14N2O2S. The third-order valence-electron chi connectivity index (χ3n) is 2.59. The summed E-state index contributed by atoms with van der Waals surface area (Å²) < 4.78 is 4.88.